The summed E-state index contributed by atoms with van der Waals surface area (Å²) in [7, 11) is 0. The number of alkyl halides is 3. The number of nitrogens with one attached hydrogen (secondary N) is 1. The first-order chi connectivity index (χ1) is 10.1. The van der Waals surface area contributed by atoms with Crippen molar-refractivity contribution in [2.75, 3.05) is 6.54 Å². The number of para-hydroxylation sites is 1. The summed E-state index contributed by atoms with van der Waals surface area (Å²) in [6.07, 6.45) is 4.52. The minimum atomic E-state index is -2.94. The van der Waals surface area contributed by atoms with Gasteiger partial charge < -0.3 is 10.1 Å². The Hall–Kier alpha value is -1.17. The largest absolute Gasteiger partial charge is 0.434 e. The van der Waals surface area contributed by atoms with Crippen molar-refractivity contribution in [1.29, 1.82) is 0 Å². The Balaban J connectivity index is 1.96. The molecule has 0 heterocycles. The van der Waals surface area contributed by atoms with Crippen molar-refractivity contribution in [2.45, 2.75) is 37.1 Å². The van der Waals surface area contributed by atoms with Gasteiger partial charge in [-0.1, -0.05) is 40.9 Å². The van der Waals surface area contributed by atoms with Crippen LogP contribution in [0, 0.1) is 5.92 Å². The van der Waals surface area contributed by atoms with Crippen molar-refractivity contribution in [1.82, 2.24) is 5.32 Å². The average molecular weight is 362 g/mol. The highest BCUT2D eigenvalue weighted by Gasteiger charge is 2.24. The summed E-state index contributed by atoms with van der Waals surface area (Å²) in [5, 5.41) is 2.82. The van der Waals surface area contributed by atoms with Crippen LogP contribution in [0.15, 0.2) is 24.3 Å². The van der Waals surface area contributed by atoms with Crippen molar-refractivity contribution in [2.24, 2.45) is 5.92 Å². The van der Waals surface area contributed by atoms with Crippen LogP contribution in [0.5, 0.6) is 5.75 Å². The van der Waals surface area contributed by atoms with Crippen LogP contribution in [0.25, 0.3) is 0 Å². The molecule has 1 N–H and O–H groups in total. The molecule has 1 amide bonds. The number of carbonyl (C=O) groups is 1. The van der Waals surface area contributed by atoms with E-state index in [1.54, 1.807) is 12.1 Å². The van der Waals surface area contributed by atoms with Crippen LogP contribution in [-0.2, 0) is 0 Å². The van der Waals surface area contributed by atoms with Gasteiger partial charge in [-0.05, 0) is 30.9 Å². The zero-order valence-electron chi connectivity index (χ0n) is 11.5. The number of benzene rings is 1. The Kier molecular flexibility index (Phi) is 5.96. The van der Waals surface area contributed by atoms with Gasteiger partial charge in [0.15, 0.2) is 0 Å². The highest BCUT2D eigenvalue weighted by atomic mass is 79.9. The predicted octanol–water partition coefficient (Wildman–Crippen LogP) is 3.97. The Morgan fingerprint density at radius 2 is 2.05 bits per heavy atom. The third kappa shape index (κ3) is 4.66. The third-order valence-corrected chi connectivity index (χ3v) is 4.89. The van der Waals surface area contributed by atoms with Crippen LogP contribution in [0.4, 0.5) is 8.78 Å². The lowest BCUT2D eigenvalue weighted by Gasteiger charge is -2.27. The van der Waals surface area contributed by atoms with Gasteiger partial charge in [0.05, 0.1) is 5.56 Å². The van der Waals surface area contributed by atoms with Crippen LogP contribution < -0.4 is 10.1 Å². The number of rotatable bonds is 5. The van der Waals surface area contributed by atoms with E-state index in [4.69, 9.17) is 0 Å². The van der Waals surface area contributed by atoms with E-state index < -0.39 is 6.61 Å². The molecule has 0 radical (unpaired) electrons. The molecular weight excluding hydrogens is 344 g/mol. The van der Waals surface area contributed by atoms with Crippen molar-refractivity contribution >= 4 is 21.8 Å². The van der Waals surface area contributed by atoms with Crippen LogP contribution in [-0.4, -0.2) is 23.9 Å². The number of ether oxygens (including phenoxy) is 1. The third-order valence-electron chi connectivity index (χ3n) is 3.69. The summed E-state index contributed by atoms with van der Waals surface area (Å²) in [5.41, 5.74) is 0.139. The van der Waals surface area contributed by atoms with Gasteiger partial charge in [0.2, 0.25) is 0 Å². The van der Waals surface area contributed by atoms with Crippen molar-refractivity contribution in [3.8, 4) is 5.75 Å². The van der Waals surface area contributed by atoms with Gasteiger partial charge in [-0.25, -0.2) is 0 Å². The molecule has 0 saturated heterocycles. The molecule has 0 aromatic heterocycles. The monoisotopic (exact) mass is 361 g/mol. The molecule has 0 spiro atoms. The zero-order chi connectivity index (χ0) is 15.2. The highest BCUT2D eigenvalue weighted by Crippen LogP contribution is 2.29. The summed E-state index contributed by atoms with van der Waals surface area (Å²) in [6, 6.07) is 6.04. The molecule has 0 aliphatic heterocycles. The first-order valence-corrected chi connectivity index (χ1v) is 7.95. The van der Waals surface area contributed by atoms with Gasteiger partial charge in [0.1, 0.15) is 5.75 Å². The summed E-state index contributed by atoms with van der Waals surface area (Å²) in [6.45, 7) is -2.40. The number of amides is 1. The van der Waals surface area contributed by atoms with Crippen LogP contribution in [0.3, 0.4) is 0 Å². The highest BCUT2D eigenvalue weighted by molar-refractivity contribution is 9.09. The molecule has 1 saturated carbocycles. The van der Waals surface area contributed by atoms with E-state index in [1.807, 2.05) is 0 Å². The molecule has 2 atom stereocenters. The molecule has 1 aromatic rings. The van der Waals surface area contributed by atoms with Crippen LogP contribution in [0.2, 0.25) is 0 Å². The molecule has 0 bridgehead atoms. The number of hydrogen-bond acceptors (Lipinski definition) is 2. The van der Waals surface area contributed by atoms with E-state index in [0.717, 1.165) is 19.3 Å². The van der Waals surface area contributed by atoms with Gasteiger partial charge in [0, 0.05) is 11.4 Å². The second-order valence-corrected chi connectivity index (χ2v) is 6.32. The van der Waals surface area contributed by atoms with E-state index in [-0.39, 0.29) is 17.2 Å². The Labute approximate surface area is 131 Å². The maximum absolute atomic E-state index is 12.3. The Morgan fingerprint density at radius 1 is 1.33 bits per heavy atom. The first kappa shape index (κ1) is 16.2. The molecule has 1 aliphatic rings. The van der Waals surface area contributed by atoms with E-state index >= 15 is 0 Å². The van der Waals surface area contributed by atoms with Crippen molar-refractivity contribution in [3.63, 3.8) is 0 Å². The van der Waals surface area contributed by atoms with E-state index in [1.165, 1.54) is 18.6 Å². The maximum Gasteiger partial charge on any atom is 0.387 e. The summed E-state index contributed by atoms with van der Waals surface area (Å²) in [4.78, 5) is 12.5. The lowest BCUT2D eigenvalue weighted by molar-refractivity contribution is -0.0501. The summed E-state index contributed by atoms with van der Waals surface area (Å²) < 4.78 is 29.0. The molecule has 2 rings (SSSR count). The minimum absolute atomic E-state index is 0.0935. The molecular formula is C15H18BrF2NO2. The molecule has 1 aromatic carbocycles. The minimum Gasteiger partial charge on any atom is -0.434 e. The quantitative estimate of drug-likeness (QED) is 0.805. The topological polar surface area (TPSA) is 38.3 Å². The SMILES string of the molecule is O=C(NCC1CCCCC1Br)c1ccccc1OC(F)F. The fourth-order valence-electron chi connectivity index (χ4n) is 2.56. The van der Waals surface area contributed by atoms with Gasteiger partial charge in [-0.3, -0.25) is 4.79 Å². The first-order valence-electron chi connectivity index (χ1n) is 7.04. The number of halogens is 3. The molecule has 2 unspecified atom stereocenters. The number of hydrogen-bond donors (Lipinski definition) is 1. The normalized spacial score (nSPS) is 22.1. The van der Waals surface area contributed by atoms with E-state index in [9.17, 15) is 13.6 Å². The standard InChI is InChI=1S/C15H18BrF2NO2/c16-12-7-3-1-5-10(12)9-19-14(20)11-6-2-4-8-13(11)21-15(17)18/h2,4,6,8,10,12,15H,1,3,5,7,9H2,(H,19,20). The molecule has 6 heteroatoms. The van der Waals surface area contributed by atoms with Gasteiger partial charge in [0.25, 0.3) is 5.91 Å². The molecule has 1 aliphatic carbocycles. The maximum atomic E-state index is 12.3. The second kappa shape index (κ2) is 7.73. The predicted molar refractivity (Wildman–Crippen MR) is 80.1 cm³/mol. The van der Waals surface area contributed by atoms with Gasteiger partial charge in [-0.2, -0.15) is 8.78 Å². The van der Waals surface area contributed by atoms with Gasteiger partial charge >= 0.3 is 6.61 Å². The Morgan fingerprint density at radius 3 is 2.76 bits per heavy atom. The average Bonchev–Trinajstić information content (AvgIpc) is 2.46. The smallest absolute Gasteiger partial charge is 0.387 e. The Bertz CT molecular complexity index is 484. The lowest BCUT2D eigenvalue weighted by atomic mass is 9.89. The summed E-state index contributed by atoms with van der Waals surface area (Å²) >= 11 is 3.63. The van der Waals surface area contributed by atoms with E-state index in [0.29, 0.717) is 17.3 Å². The van der Waals surface area contributed by atoms with Crippen molar-refractivity contribution in [3.05, 3.63) is 29.8 Å². The van der Waals surface area contributed by atoms with E-state index in [2.05, 4.69) is 26.0 Å². The lowest BCUT2D eigenvalue weighted by Crippen LogP contribution is -2.34. The van der Waals surface area contributed by atoms with Crippen LogP contribution in [0.1, 0.15) is 36.0 Å². The zero-order valence-corrected chi connectivity index (χ0v) is 13.1. The second-order valence-electron chi connectivity index (χ2n) is 5.15. The van der Waals surface area contributed by atoms with Gasteiger partial charge in [-0.15, -0.1) is 0 Å². The fraction of sp³-hybridized carbons (Fsp3) is 0.533. The number of carbonyl (C=O) groups excluding carboxylic acids is 1. The molecule has 1 fully saturated rings. The molecule has 116 valence electrons. The van der Waals surface area contributed by atoms with Crippen molar-refractivity contribution < 1.29 is 18.3 Å². The summed E-state index contributed by atoms with van der Waals surface area (Å²) in [5.74, 6) is -0.0913. The fourth-order valence-corrected chi connectivity index (χ4v) is 3.34. The molecule has 3 nitrogen and oxygen atoms in total. The van der Waals surface area contributed by atoms with Crippen LogP contribution >= 0.6 is 15.9 Å². The molecule has 21 heavy (non-hydrogen) atoms.